The van der Waals surface area contributed by atoms with Crippen LogP contribution < -0.4 is 5.32 Å². The Morgan fingerprint density at radius 3 is 2.81 bits per heavy atom. The predicted octanol–water partition coefficient (Wildman–Crippen LogP) is 2.85. The van der Waals surface area contributed by atoms with Gasteiger partial charge in [-0.15, -0.1) is 17.3 Å². The van der Waals surface area contributed by atoms with Crippen molar-refractivity contribution in [2.45, 2.75) is 19.4 Å². The molecule has 0 bridgehead atoms. The first-order valence-corrected chi connectivity index (χ1v) is 10.5. The third-order valence-corrected chi connectivity index (χ3v) is 7.89. The molecule has 1 atom stereocenters. The van der Waals surface area contributed by atoms with Crippen LogP contribution in [0.5, 0.6) is 0 Å². The number of pyridine rings is 1. The van der Waals surface area contributed by atoms with Gasteiger partial charge in [-0.05, 0) is 26.0 Å². The van der Waals surface area contributed by atoms with Gasteiger partial charge in [-0.1, -0.05) is 17.5 Å². The summed E-state index contributed by atoms with van der Waals surface area (Å²) < 4.78 is 25.7. The number of aromatic nitrogens is 1. The fourth-order valence-corrected chi connectivity index (χ4v) is 5.96. The fourth-order valence-electron chi connectivity index (χ4n) is 2.77. The molecular weight excluding hydrogens is 392 g/mol. The molecule has 1 aliphatic heterocycles. The maximum atomic E-state index is 12.4. The van der Waals surface area contributed by atoms with Gasteiger partial charge in [0, 0.05) is 35.4 Å². The molecule has 0 aromatic carbocycles. The summed E-state index contributed by atoms with van der Waals surface area (Å²) in [6.07, 6.45) is 3.40. The molecule has 2 aromatic rings. The van der Waals surface area contributed by atoms with Crippen LogP contribution in [0.3, 0.4) is 0 Å². The van der Waals surface area contributed by atoms with Crippen LogP contribution in [0.15, 0.2) is 24.5 Å². The van der Waals surface area contributed by atoms with E-state index < -0.39 is 15.6 Å². The highest BCUT2D eigenvalue weighted by atomic mass is 35.5. The lowest BCUT2D eigenvalue weighted by Crippen LogP contribution is -2.60. The van der Waals surface area contributed by atoms with E-state index >= 15 is 0 Å². The van der Waals surface area contributed by atoms with E-state index in [1.54, 1.807) is 32.3 Å². The van der Waals surface area contributed by atoms with Crippen molar-refractivity contribution in [3.05, 3.63) is 40.0 Å². The van der Waals surface area contributed by atoms with E-state index in [1.807, 2.05) is 6.07 Å². The molecule has 0 saturated carbocycles. The van der Waals surface area contributed by atoms with Gasteiger partial charge in [0.2, 0.25) is 16.0 Å². The number of nitrogens with one attached hydrogen (secondary N) is 2. The molecule has 2 aromatic heterocycles. The molecule has 0 spiro atoms. The van der Waals surface area contributed by atoms with Gasteiger partial charge in [0.15, 0.2) is 0 Å². The number of rotatable bonds is 2. The van der Waals surface area contributed by atoms with Crippen LogP contribution in [0.1, 0.15) is 24.3 Å². The lowest BCUT2D eigenvalue weighted by molar-refractivity contribution is 0.424. The van der Waals surface area contributed by atoms with Crippen molar-refractivity contribution in [2.24, 2.45) is 0 Å². The fraction of sp³-hybridized carbons (Fsp3) is 0.294. The van der Waals surface area contributed by atoms with Crippen molar-refractivity contribution in [1.29, 1.82) is 5.41 Å². The van der Waals surface area contributed by atoms with E-state index in [-0.39, 0.29) is 11.7 Å². The molecule has 136 valence electrons. The Labute approximate surface area is 161 Å². The van der Waals surface area contributed by atoms with Gasteiger partial charge in [-0.3, -0.25) is 10.4 Å². The Kier molecular flexibility index (Phi) is 4.73. The number of thiophene rings is 1. The highest BCUT2D eigenvalue weighted by molar-refractivity contribution is 7.89. The summed E-state index contributed by atoms with van der Waals surface area (Å²) in [6.45, 7) is 3.50. The van der Waals surface area contributed by atoms with Gasteiger partial charge in [0.1, 0.15) is 0 Å². The quantitative estimate of drug-likeness (QED) is 0.748. The SMILES string of the molecule is CC#Cc1cncc(-c2cc(Cl)c([C@]3(C)CS(=O)(=O)N(C)C(=N)N3)s2)c1. The van der Waals surface area contributed by atoms with E-state index in [9.17, 15) is 8.42 Å². The molecule has 6 nitrogen and oxygen atoms in total. The van der Waals surface area contributed by atoms with E-state index in [1.165, 1.54) is 18.4 Å². The topological polar surface area (TPSA) is 86.2 Å². The van der Waals surface area contributed by atoms with Gasteiger partial charge in [-0.25, -0.2) is 12.7 Å². The van der Waals surface area contributed by atoms with Crippen molar-refractivity contribution < 1.29 is 8.42 Å². The Morgan fingerprint density at radius 1 is 1.42 bits per heavy atom. The Morgan fingerprint density at radius 2 is 2.15 bits per heavy atom. The molecule has 1 saturated heterocycles. The van der Waals surface area contributed by atoms with Crippen molar-refractivity contribution in [3.8, 4) is 22.3 Å². The van der Waals surface area contributed by atoms with Gasteiger partial charge in [0.25, 0.3) is 0 Å². The first kappa shape index (κ1) is 18.7. The molecule has 3 heterocycles. The first-order valence-electron chi connectivity index (χ1n) is 7.67. The Balaban J connectivity index is 2.04. The van der Waals surface area contributed by atoms with E-state index in [2.05, 4.69) is 22.1 Å². The van der Waals surface area contributed by atoms with Crippen LogP contribution in [0.25, 0.3) is 10.4 Å². The average Bonchev–Trinajstić information content (AvgIpc) is 2.96. The van der Waals surface area contributed by atoms with Crippen molar-refractivity contribution >= 4 is 38.9 Å². The first-order chi connectivity index (χ1) is 12.2. The normalized spacial score (nSPS) is 21.7. The third kappa shape index (κ3) is 3.30. The summed E-state index contributed by atoms with van der Waals surface area (Å²) >= 11 is 7.83. The molecule has 2 N–H and O–H groups in total. The number of hydrogen-bond donors (Lipinski definition) is 2. The zero-order chi connectivity index (χ0) is 19.1. The highest BCUT2D eigenvalue weighted by Crippen LogP contribution is 2.42. The second-order valence-corrected chi connectivity index (χ2v) is 9.61. The largest absolute Gasteiger partial charge is 0.344 e. The van der Waals surface area contributed by atoms with Crippen LogP contribution in [-0.4, -0.2) is 36.5 Å². The number of nitrogens with zero attached hydrogens (tertiary/aromatic N) is 2. The molecule has 1 aliphatic rings. The second kappa shape index (κ2) is 6.58. The zero-order valence-corrected chi connectivity index (χ0v) is 16.8. The molecule has 0 unspecified atom stereocenters. The van der Waals surface area contributed by atoms with Crippen LogP contribution >= 0.6 is 22.9 Å². The van der Waals surface area contributed by atoms with E-state index in [0.717, 1.165) is 20.3 Å². The van der Waals surface area contributed by atoms with Crippen LogP contribution in [-0.2, 0) is 15.6 Å². The average molecular weight is 409 g/mol. The molecule has 1 fully saturated rings. The number of halogens is 1. The van der Waals surface area contributed by atoms with Crippen LogP contribution in [0, 0.1) is 17.3 Å². The lowest BCUT2D eigenvalue weighted by Gasteiger charge is -2.39. The molecular formula is C17H17ClN4O2S2. The smallest absolute Gasteiger partial charge is 0.239 e. The molecule has 0 aliphatic carbocycles. The van der Waals surface area contributed by atoms with Crippen LogP contribution in [0.4, 0.5) is 0 Å². The minimum atomic E-state index is -3.59. The molecule has 3 rings (SSSR count). The molecule has 26 heavy (non-hydrogen) atoms. The number of sulfonamides is 1. The summed E-state index contributed by atoms with van der Waals surface area (Å²) in [5.41, 5.74) is 0.679. The molecule has 0 radical (unpaired) electrons. The summed E-state index contributed by atoms with van der Waals surface area (Å²) in [5.74, 6) is 5.45. The van der Waals surface area contributed by atoms with E-state index in [0.29, 0.717) is 9.90 Å². The monoisotopic (exact) mass is 408 g/mol. The summed E-state index contributed by atoms with van der Waals surface area (Å²) in [7, 11) is -2.23. The Bertz CT molecular complexity index is 1050. The highest BCUT2D eigenvalue weighted by Gasteiger charge is 2.44. The van der Waals surface area contributed by atoms with E-state index in [4.69, 9.17) is 17.0 Å². The zero-order valence-electron chi connectivity index (χ0n) is 14.4. The summed E-state index contributed by atoms with van der Waals surface area (Å²) in [4.78, 5) is 5.74. The van der Waals surface area contributed by atoms with Gasteiger partial charge < -0.3 is 5.32 Å². The van der Waals surface area contributed by atoms with Crippen molar-refractivity contribution in [3.63, 3.8) is 0 Å². The van der Waals surface area contributed by atoms with Gasteiger partial charge in [0.05, 0.1) is 21.2 Å². The maximum absolute atomic E-state index is 12.4. The molecule has 0 amide bonds. The van der Waals surface area contributed by atoms with Crippen molar-refractivity contribution in [2.75, 3.05) is 12.8 Å². The number of guanidine groups is 1. The second-order valence-electron chi connectivity index (χ2n) is 6.15. The maximum Gasteiger partial charge on any atom is 0.239 e. The van der Waals surface area contributed by atoms with Gasteiger partial charge >= 0.3 is 0 Å². The lowest BCUT2D eigenvalue weighted by atomic mass is 10.0. The van der Waals surface area contributed by atoms with Crippen LogP contribution in [0.2, 0.25) is 5.02 Å². The van der Waals surface area contributed by atoms with Gasteiger partial charge in [-0.2, -0.15) is 0 Å². The Hall–Kier alpha value is -2.08. The minimum Gasteiger partial charge on any atom is -0.344 e. The summed E-state index contributed by atoms with van der Waals surface area (Å²) in [5, 5.41) is 11.4. The molecule has 9 heteroatoms. The number of hydrogen-bond acceptors (Lipinski definition) is 5. The van der Waals surface area contributed by atoms with Crippen molar-refractivity contribution in [1.82, 2.24) is 14.6 Å². The standard InChI is InChI=1S/C17H17ClN4O2S2/c1-4-5-11-6-12(9-20-8-11)14-7-13(18)15(25-14)17(2)10-26(23,24)22(3)16(19)21-17/h6-9H,10H2,1-3H3,(H2,19,21)/t17-/m0/s1. The minimum absolute atomic E-state index is 0.174. The third-order valence-electron chi connectivity index (χ3n) is 4.08. The summed E-state index contributed by atoms with van der Waals surface area (Å²) in [6, 6.07) is 3.71. The predicted molar refractivity (Wildman–Crippen MR) is 105 cm³/mol.